The number of nitrogen functional groups attached to an aromatic ring is 1. The van der Waals surface area contributed by atoms with Gasteiger partial charge in [-0.3, -0.25) is 4.98 Å². The Balaban J connectivity index is 1.60. The SMILES string of the molecule is COc1cc(F)c(-c2cc(Cn3cnc4c(N)ncnc43)c(N3CCC[C@](N)([C@H](N)C(F)F)C3)cn2)cc1F. The van der Waals surface area contributed by atoms with Crippen molar-refractivity contribution >= 4 is 22.7 Å². The maximum atomic E-state index is 14.9. The van der Waals surface area contributed by atoms with E-state index in [1.165, 1.54) is 26.0 Å². The molecule has 5 rings (SSSR count). The number of imidazole rings is 1. The standard InChI is InChI=1S/C25H27F4N9O/c1-39-19-7-15(26)14(6-16(19)27)17-5-13(9-38-12-36-20-23(31)34-11-35-24(20)38)18(8-33-17)37-4-2-3-25(32,10-37)21(30)22(28)29/h5-8,11-12,21-22H,2-4,9-10,30,32H2,1H3,(H2,31,34,35)/t21-,25-/m1/s1. The Morgan fingerprint density at radius 1 is 1.10 bits per heavy atom. The first-order valence-corrected chi connectivity index (χ1v) is 12.1. The van der Waals surface area contributed by atoms with E-state index in [1.807, 2.05) is 4.90 Å². The summed E-state index contributed by atoms with van der Waals surface area (Å²) in [7, 11) is 1.24. The van der Waals surface area contributed by atoms with Crippen molar-refractivity contribution in [2.24, 2.45) is 11.5 Å². The molecule has 14 heteroatoms. The highest BCUT2D eigenvalue weighted by atomic mass is 19.3. The van der Waals surface area contributed by atoms with Crippen LogP contribution in [-0.4, -0.2) is 62.7 Å². The van der Waals surface area contributed by atoms with Crippen molar-refractivity contribution in [1.29, 1.82) is 0 Å². The predicted octanol–water partition coefficient (Wildman–Crippen LogP) is 2.70. The van der Waals surface area contributed by atoms with Gasteiger partial charge in [0, 0.05) is 24.7 Å². The van der Waals surface area contributed by atoms with E-state index in [1.54, 1.807) is 10.6 Å². The molecule has 0 aliphatic carbocycles. The molecule has 0 saturated carbocycles. The van der Waals surface area contributed by atoms with Gasteiger partial charge in [0.2, 0.25) is 0 Å². The lowest BCUT2D eigenvalue weighted by molar-refractivity contribution is 0.0714. The van der Waals surface area contributed by atoms with Crippen LogP contribution in [0.2, 0.25) is 0 Å². The molecule has 0 radical (unpaired) electrons. The van der Waals surface area contributed by atoms with Gasteiger partial charge in [0.1, 0.15) is 17.7 Å². The number of halogens is 4. The molecule has 1 fully saturated rings. The van der Waals surface area contributed by atoms with Crippen molar-refractivity contribution in [2.75, 3.05) is 30.8 Å². The van der Waals surface area contributed by atoms with Crippen LogP contribution in [0.25, 0.3) is 22.4 Å². The molecule has 1 aliphatic heterocycles. The minimum absolute atomic E-state index is 0.0534. The zero-order valence-corrected chi connectivity index (χ0v) is 21.0. The Kier molecular flexibility index (Phi) is 6.99. The van der Waals surface area contributed by atoms with Crippen LogP contribution in [0.4, 0.5) is 29.1 Å². The third-order valence-corrected chi connectivity index (χ3v) is 7.09. The van der Waals surface area contributed by atoms with E-state index >= 15 is 0 Å². The predicted molar refractivity (Wildman–Crippen MR) is 137 cm³/mol. The molecule has 10 nitrogen and oxygen atoms in total. The summed E-state index contributed by atoms with van der Waals surface area (Å²) in [6.45, 7) is 0.735. The zero-order valence-electron chi connectivity index (χ0n) is 21.0. The van der Waals surface area contributed by atoms with Crippen LogP contribution in [0.5, 0.6) is 5.75 Å². The smallest absolute Gasteiger partial charge is 0.255 e. The summed E-state index contributed by atoms with van der Waals surface area (Å²) >= 11 is 0. The number of rotatable bonds is 7. The van der Waals surface area contributed by atoms with Gasteiger partial charge in [-0.05, 0) is 30.5 Å². The second-order valence-electron chi connectivity index (χ2n) is 9.59. The molecule has 1 aromatic carbocycles. The van der Waals surface area contributed by atoms with Crippen LogP contribution in [0.1, 0.15) is 18.4 Å². The summed E-state index contributed by atoms with van der Waals surface area (Å²) in [5.74, 6) is -1.51. The average Bonchev–Trinajstić information content (AvgIpc) is 3.33. The lowest BCUT2D eigenvalue weighted by Crippen LogP contribution is -2.66. The van der Waals surface area contributed by atoms with E-state index in [0.29, 0.717) is 41.8 Å². The number of hydrogen-bond acceptors (Lipinski definition) is 9. The number of benzene rings is 1. The minimum Gasteiger partial charge on any atom is -0.494 e. The normalized spacial score (nSPS) is 18.6. The van der Waals surface area contributed by atoms with Gasteiger partial charge in [0.25, 0.3) is 6.43 Å². The molecule has 0 amide bonds. The first-order valence-electron chi connectivity index (χ1n) is 12.1. The van der Waals surface area contributed by atoms with Gasteiger partial charge in [-0.15, -0.1) is 0 Å². The molecule has 6 N–H and O–H groups in total. The van der Waals surface area contributed by atoms with Crippen molar-refractivity contribution in [3.63, 3.8) is 0 Å². The third-order valence-electron chi connectivity index (χ3n) is 7.09. The third kappa shape index (κ3) is 4.92. The Morgan fingerprint density at radius 3 is 2.64 bits per heavy atom. The average molecular weight is 546 g/mol. The number of nitrogens with two attached hydrogens (primary N) is 3. The summed E-state index contributed by atoms with van der Waals surface area (Å²) in [5, 5.41) is 0. The van der Waals surface area contributed by atoms with Crippen LogP contribution >= 0.6 is 0 Å². The molecule has 1 aliphatic rings. The Bertz CT molecular complexity index is 1510. The van der Waals surface area contributed by atoms with Crippen molar-refractivity contribution in [3.8, 4) is 17.0 Å². The summed E-state index contributed by atoms with van der Waals surface area (Å²) in [6, 6.07) is 2.04. The summed E-state index contributed by atoms with van der Waals surface area (Å²) in [6.07, 6.45) is 2.40. The maximum Gasteiger partial charge on any atom is 0.255 e. The number of fused-ring (bicyclic) bond motifs is 1. The van der Waals surface area contributed by atoms with Crippen molar-refractivity contribution < 1.29 is 22.3 Å². The topological polar surface area (TPSA) is 147 Å². The molecule has 1 saturated heterocycles. The lowest BCUT2D eigenvalue weighted by Gasteiger charge is -2.44. The summed E-state index contributed by atoms with van der Waals surface area (Å²) in [5.41, 5.74) is 18.9. The number of piperidine rings is 1. The van der Waals surface area contributed by atoms with E-state index in [9.17, 15) is 17.6 Å². The van der Waals surface area contributed by atoms with Gasteiger partial charge in [-0.2, -0.15) is 0 Å². The molecule has 0 unspecified atom stereocenters. The van der Waals surface area contributed by atoms with Crippen molar-refractivity contribution in [3.05, 3.63) is 54.2 Å². The van der Waals surface area contributed by atoms with Crippen LogP contribution < -0.4 is 26.8 Å². The molecular formula is C25H27F4N9O. The van der Waals surface area contributed by atoms with Crippen LogP contribution in [0.15, 0.2) is 37.1 Å². The fraction of sp³-hybridized carbons (Fsp3) is 0.360. The lowest BCUT2D eigenvalue weighted by atomic mass is 9.83. The van der Waals surface area contributed by atoms with Crippen LogP contribution in [-0.2, 0) is 6.54 Å². The van der Waals surface area contributed by atoms with E-state index in [0.717, 1.165) is 12.1 Å². The molecule has 4 heterocycles. The molecule has 2 atom stereocenters. The zero-order chi connectivity index (χ0) is 27.9. The number of pyridine rings is 1. The maximum absolute atomic E-state index is 14.9. The number of hydrogen-bond donors (Lipinski definition) is 3. The molecule has 4 aromatic rings. The summed E-state index contributed by atoms with van der Waals surface area (Å²) in [4.78, 5) is 18.7. The fourth-order valence-electron chi connectivity index (χ4n) is 4.97. The Morgan fingerprint density at radius 2 is 1.90 bits per heavy atom. The van der Waals surface area contributed by atoms with E-state index in [-0.39, 0.29) is 35.9 Å². The van der Waals surface area contributed by atoms with Gasteiger partial charge in [-0.25, -0.2) is 32.5 Å². The minimum atomic E-state index is -2.79. The number of nitrogens with zero attached hydrogens (tertiary/aromatic N) is 6. The molecule has 206 valence electrons. The van der Waals surface area contributed by atoms with Gasteiger partial charge >= 0.3 is 0 Å². The highest BCUT2D eigenvalue weighted by molar-refractivity contribution is 5.81. The number of alkyl halides is 2. The number of anilines is 2. The second-order valence-corrected chi connectivity index (χ2v) is 9.59. The molecule has 0 bridgehead atoms. The van der Waals surface area contributed by atoms with Gasteiger partial charge in [0.15, 0.2) is 23.0 Å². The number of ether oxygens (including phenoxy) is 1. The Labute approximate surface area is 220 Å². The van der Waals surface area contributed by atoms with Gasteiger partial charge in [-0.1, -0.05) is 0 Å². The monoisotopic (exact) mass is 545 g/mol. The number of aromatic nitrogens is 5. The fourth-order valence-corrected chi connectivity index (χ4v) is 4.97. The quantitative estimate of drug-likeness (QED) is 0.298. The van der Waals surface area contributed by atoms with Crippen molar-refractivity contribution in [2.45, 2.75) is 37.4 Å². The highest BCUT2D eigenvalue weighted by Gasteiger charge is 2.42. The first kappa shape index (κ1) is 26.6. The molecule has 3 aromatic heterocycles. The van der Waals surface area contributed by atoms with Crippen molar-refractivity contribution in [1.82, 2.24) is 24.5 Å². The molecule has 0 spiro atoms. The molecular weight excluding hydrogens is 518 g/mol. The summed E-state index contributed by atoms with van der Waals surface area (Å²) < 4.78 is 63.0. The number of methoxy groups -OCH3 is 1. The Hall–Kier alpha value is -4.04. The van der Waals surface area contributed by atoms with Gasteiger partial charge in [0.05, 0.1) is 49.1 Å². The van der Waals surface area contributed by atoms with E-state index in [4.69, 9.17) is 21.9 Å². The second kappa shape index (κ2) is 10.3. The van der Waals surface area contributed by atoms with E-state index in [2.05, 4.69) is 19.9 Å². The van der Waals surface area contributed by atoms with Crippen LogP contribution in [0, 0.1) is 11.6 Å². The van der Waals surface area contributed by atoms with Gasteiger partial charge < -0.3 is 31.4 Å². The largest absolute Gasteiger partial charge is 0.494 e. The molecule has 39 heavy (non-hydrogen) atoms. The first-order chi connectivity index (χ1) is 18.6. The highest BCUT2D eigenvalue weighted by Crippen LogP contribution is 2.34. The van der Waals surface area contributed by atoms with E-state index < -0.39 is 29.6 Å². The van der Waals surface area contributed by atoms with Crippen LogP contribution in [0.3, 0.4) is 0 Å².